The number of carbonyl (C=O) groups excluding carboxylic acids is 1. The van der Waals surface area contributed by atoms with Crippen LogP contribution in [0.5, 0.6) is 0 Å². The van der Waals surface area contributed by atoms with E-state index in [0.717, 1.165) is 30.7 Å². The van der Waals surface area contributed by atoms with E-state index in [1.165, 1.54) is 4.80 Å². The van der Waals surface area contributed by atoms with Crippen LogP contribution < -0.4 is 0 Å². The summed E-state index contributed by atoms with van der Waals surface area (Å²) in [5.74, 6) is -1.10. The number of aryl methyl sites for hydroxylation is 2. The molecule has 4 aromatic rings. The molecule has 2 bridgehead atoms. The second kappa shape index (κ2) is 8.69. The number of hydrogen-bond donors (Lipinski definition) is 0. The van der Waals surface area contributed by atoms with Gasteiger partial charge in [0.1, 0.15) is 5.69 Å². The van der Waals surface area contributed by atoms with Crippen LogP contribution in [-0.2, 0) is 6.42 Å². The van der Waals surface area contributed by atoms with Crippen molar-refractivity contribution < 1.29 is 13.6 Å². The van der Waals surface area contributed by atoms with E-state index < -0.39 is 11.6 Å². The Kier molecular flexibility index (Phi) is 5.46. The molecule has 1 amide bonds. The van der Waals surface area contributed by atoms with Gasteiger partial charge in [-0.3, -0.25) is 9.78 Å². The smallest absolute Gasteiger partial charge is 0.275 e. The topological polar surface area (TPSA) is 89.7 Å². The fraction of sp³-hybridized carbons (Fsp3) is 0.385. The summed E-state index contributed by atoms with van der Waals surface area (Å²) in [7, 11) is 0. The summed E-state index contributed by atoms with van der Waals surface area (Å²) in [4.78, 5) is 30.8. The third-order valence-corrected chi connectivity index (χ3v) is 7.67. The summed E-state index contributed by atoms with van der Waals surface area (Å²) in [5.41, 5.74) is 2.96. The summed E-state index contributed by atoms with van der Waals surface area (Å²) in [6.07, 6.45) is 7.97. The third kappa shape index (κ3) is 3.81. The highest BCUT2D eigenvalue weighted by Gasteiger charge is 2.50. The molecular formula is C26H25F2N7O. The largest absolute Gasteiger partial charge is 0.331 e. The van der Waals surface area contributed by atoms with Gasteiger partial charge in [0.05, 0.1) is 29.1 Å². The first-order valence-corrected chi connectivity index (χ1v) is 12.2. The summed E-state index contributed by atoms with van der Waals surface area (Å²) in [5, 5.41) is 8.42. The van der Waals surface area contributed by atoms with E-state index in [9.17, 15) is 13.6 Å². The lowest BCUT2D eigenvalue weighted by atomic mass is 9.64. The standard InChI is InChI=1S/C26H25F2N7O/c1-14-3-5-24(35-30-7-8-31-35)25(32-14)26(36)34-18-9-16(10-18)15(2)23(34)6-4-17-13-29-21-11-19(27)20(28)12-22(21)33-17/h3,5,7-8,11-13,15-16,18,23H,4,6,9-10H2,1-2H3/t15-,16?,18?,23?/m1/s1. The van der Waals surface area contributed by atoms with E-state index in [1.807, 2.05) is 24.0 Å². The average molecular weight is 490 g/mol. The molecule has 1 saturated carbocycles. The Morgan fingerprint density at radius 2 is 1.78 bits per heavy atom. The van der Waals surface area contributed by atoms with Gasteiger partial charge in [-0.2, -0.15) is 10.2 Å². The van der Waals surface area contributed by atoms with Crippen molar-refractivity contribution in [3.05, 3.63) is 71.6 Å². The van der Waals surface area contributed by atoms with Gasteiger partial charge in [0.25, 0.3) is 5.91 Å². The zero-order valence-corrected chi connectivity index (χ0v) is 20.0. The van der Waals surface area contributed by atoms with Crippen molar-refractivity contribution in [2.75, 3.05) is 0 Å². The van der Waals surface area contributed by atoms with Crippen LogP contribution in [0.3, 0.4) is 0 Å². The fourth-order valence-corrected chi connectivity index (χ4v) is 5.64. The van der Waals surface area contributed by atoms with Crippen LogP contribution >= 0.6 is 0 Å². The van der Waals surface area contributed by atoms with Gasteiger partial charge in [0.15, 0.2) is 17.3 Å². The van der Waals surface area contributed by atoms with E-state index in [2.05, 4.69) is 32.1 Å². The van der Waals surface area contributed by atoms with Crippen LogP contribution in [-0.4, -0.2) is 52.8 Å². The van der Waals surface area contributed by atoms with E-state index in [0.29, 0.717) is 52.8 Å². The van der Waals surface area contributed by atoms with Crippen LogP contribution in [0.25, 0.3) is 16.7 Å². The first kappa shape index (κ1) is 22.6. The van der Waals surface area contributed by atoms with Gasteiger partial charge >= 0.3 is 0 Å². The SMILES string of the molecule is Cc1ccc(-n2nccn2)c(C(=O)N2C3CC(C3)[C@@H](C)C2CCc2cnc3cc(F)c(F)cc3n2)n1. The first-order valence-electron chi connectivity index (χ1n) is 12.2. The number of piperidine rings is 2. The molecule has 1 unspecified atom stereocenters. The van der Waals surface area contributed by atoms with Crippen LogP contribution in [0.2, 0.25) is 0 Å². The molecule has 2 aliphatic heterocycles. The van der Waals surface area contributed by atoms with Gasteiger partial charge in [0, 0.05) is 36.1 Å². The van der Waals surface area contributed by atoms with Gasteiger partial charge in [-0.15, -0.1) is 4.80 Å². The van der Waals surface area contributed by atoms with E-state index in [1.54, 1.807) is 18.6 Å². The number of amides is 1. The Bertz CT molecular complexity index is 1450. The predicted octanol–water partition coefficient (Wildman–Crippen LogP) is 4.06. The van der Waals surface area contributed by atoms with Crippen molar-refractivity contribution in [1.29, 1.82) is 0 Å². The van der Waals surface area contributed by atoms with Gasteiger partial charge in [0.2, 0.25) is 0 Å². The molecule has 0 spiro atoms. The Labute approximate surface area is 206 Å². The van der Waals surface area contributed by atoms with Crippen molar-refractivity contribution in [2.45, 2.75) is 51.6 Å². The van der Waals surface area contributed by atoms with Gasteiger partial charge in [-0.25, -0.2) is 18.7 Å². The maximum absolute atomic E-state index is 14.0. The van der Waals surface area contributed by atoms with Gasteiger partial charge in [-0.05, 0) is 56.6 Å². The molecule has 5 heterocycles. The Balaban J connectivity index is 1.29. The molecule has 10 heteroatoms. The predicted molar refractivity (Wildman–Crippen MR) is 127 cm³/mol. The number of fused-ring (bicyclic) bond motifs is 3. The number of halogens is 2. The second-order valence-electron chi connectivity index (χ2n) is 9.82. The normalized spacial score (nSPS) is 23.1. The number of aromatic nitrogens is 6. The molecule has 3 fully saturated rings. The Morgan fingerprint density at radius 3 is 2.53 bits per heavy atom. The van der Waals surface area contributed by atoms with Crippen molar-refractivity contribution in [1.82, 2.24) is 34.8 Å². The minimum atomic E-state index is -0.945. The number of nitrogens with zero attached hydrogens (tertiary/aromatic N) is 7. The lowest BCUT2D eigenvalue weighted by Gasteiger charge is -2.57. The van der Waals surface area contributed by atoms with Crippen LogP contribution in [0.1, 0.15) is 48.1 Å². The quantitative estimate of drug-likeness (QED) is 0.420. The molecule has 0 N–H and O–H groups in total. The third-order valence-electron chi connectivity index (χ3n) is 7.67. The molecule has 3 aromatic heterocycles. The first-order chi connectivity index (χ1) is 17.4. The zero-order valence-electron chi connectivity index (χ0n) is 20.0. The molecule has 7 rings (SSSR count). The maximum Gasteiger partial charge on any atom is 0.275 e. The van der Waals surface area contributed by atoms with E-state index in [4.69, 9.17) is 0 Å². The number of carbonyl (C=O) groups is 1. The van der Waals surface area contributed by atoms with Crippen LogP contribution in [0, 0.1) is 30.4 Å². The molecule has 1 aliphatic carbocycles. The monoisotopic (exact) mass is 489 g/mol. The van der Waals surface area contributed by atoms with Crippen LogP contribution in [0.4, 0.5) is 8.78 Å². The van der Waals surface area contributed by atoms with E-state index >= 15 is 0 Å². The van der Waals surface area contributed by atoms with Gasteiger partial charge in [-0.1, -0.05) is 6.92 Å². The lowest BCUT2D eigenvalue weighted by molar-refractivity contribution is -0.0573. The summed E-state index contributed by atoms with van der Waals surface area (Å²) < 4.78 is 27.2. The minimum Gasteiger partial charge on any atom is -0.331 e. The minimum absolute atomic E-state index is 0.00167. The number of hydrogen-bond acceptors (Lipinski definition) is 6. The van der Waals surface area contributed by atoms with Crippen molar-refractivity contribution in [3.8, 4) is 5.69 Å². The number of benzene rings is 1. The Morgan fingerprint density at radius 1 is 1.06 bits per heavy atom. The molecule has 3 aliphatic rings. The Hall–Kier alpha value is -3.82. The summed E-state index contributed by atoms with van der Waals surface area (Å²) >= 11 is 0. The average Bonchev–Trinajstić information content (AvgIpc) is 3.37. The van der Waals surface area contributed by atoms with Gasteiger partial charge < -0.3 is 4.90 Å². The van der Waals surface area contributed by atoms with Crippen molar-refractivity contribution in [3.63, 3.8) is 0 Å². The highest BCUT2D eigenvalue weighted by atomic mass is 19.2. The highest BCUT2D eigenvalue weighted by molar-refractivity contribution is 5.96. The number of pyridine rings is 1. The van der Waals surface area contributed by atoms with E-state index in [-0.39, 0.29) is 18.0 Å². The summed E-state index contributed by atoms with van der Waals surface area (Å²) in [6, 6.07) is 5.97. The fourth-order valence-electron chi connectivity index (χ4n) is 5.64. The highest BCUT2D eigenvalue weighted by Crippen LogP contribution is 2.48. The molecule has 2 atom stereocenters. The van der Waals surface area contributed by atoms with Crippen molar-refractivity contribution >= 4 is 16.9 Å². The molecule has 0 radical (unpaired) electrons. The molecule has 36 heavy (non-hydrogen) atoms. The molecule has 8 nitrogen and oxygen atoms in total. The van der Waals surface area contributed by atoms with Crippen LogP contribution in [0.15, 0.2) is 42.9 Å². The number of rotatable bonds is 5. The van der Waals surface area contributed by atoms with Crippen molar-refractivity contribution in [2.24, 2.45) is 11.8 Å². The lowest BCUT2D eigenvalue weighted by Crippen LogP contribution is -2.63. The molecule has 2 saturated heterocycles. The second-order valence-corrected chi connectivity index (χ2v) is 9.82. The zero-order chi connectivity index (χ0) is 25.0. The summed E-state index contributed by atoms with van der Waals surface area (Å²) in [6.45, 7) is 4.06. The molecular weight excluding hydrogens is 464 g/mol. The molecule has 184 valence electrons. The molecule has 1 aromatic carbocycles. The maximum atomic E-state index is 14.0.